The van der Waals surface area contributed by atoms with Crippen LogP contribution in [0.2, 0.25) is 0 Å². The Morgan fingerprint density at radius 2 is 2.21 bits per heavy atom. The molecular weight excluding hydrogens is 186 g/mol. The number of hydrogen-bond donors (Lipinski definition) is 2. The fourth-order valence-corrected chi connectivity index (χ4v) is 1.65. The Morgan fingerprint density at radius 1 is 1.57 bits per heavy atom. The number of likely N-dealkylation sites (tertiary alicyclic amines) is 1. The molecule has 0 saturated carbocycles. The van der Waals surface area contributed by atoms with Crippen LogP contribution in [0.5, 0.6) is 0 Å². The molecule has 5 nitrogen and oxygen atoms in total. The number of carboxylic acid groups (broad SMARTS) is 1. The molecule has 1 heterocycles. The topological polar surface area (TPSA) is 77.8 Å². The molecule has 1 amide bonds. The van der Waals surface area contributed by atoms with Gasteiger partial charge in [-0.2, -0.15) is 0 Å². The van der Waals surface area contributed by atoms with Gasteiger partial charge in [-0.3, -0.25) is 4.79 Å². The van der Waals surface area contributed by atoms with Crippen molar-refractivity contribution in [1.82, 2.24) is 4.90 Å². The van der Waals surface area contributed by atoms with Gasteiger partial charge in [0.05, 0.1) is 12.5 Å². The second-order valence-electron chi connectivity index (χ2n) is 3.61. The third kappa shape index (κ3) is 2.04. The van der Waals surface area contributed by atoms with E-state index in [0.717, 1.165) is 6.42 Å². The van der Waals surface area contributed by atoms with Crippen molar-refractivity contribution in [2.45, 2.75) is 25.8 Å². The minimum Gasteiger partial charge on any atom is -0.480 e. The minimum atomic E-state index is -0.957. The van der Waals surface area contributed by atoms with E-state index in [9.17, 15) is 9.59 Å². The molecule has 0 radical (unpaired) electrons. The SMILES string of the molecule is C[C@@H](CO)C(=O)N1CCC[C@H]1C(=O)O. The van der Waals surface area contributed by atoms with Crippen LogP contribution in [0.15, 0.2) is 0 Å². The van der Waals surface area contributed by atoms with E-state index in [1.54, 1.807) is 6.92 Å². The van der Waals surface area contributed by atoms with Crippen molar-refractivity contribution < 1.29 is 19.8 Å². The average Bonchev–Trinajstić information content (AvgIpc) is 2.63. The molecule has 0 spiro atoms. The first-order chi connectivity index (χ1) is 6.57. The molecule has 0 aromatic carbocycles. The van der Waals surface area contributed by atoms with Gasteiger partial charge in [0.15, 0.2) is 0 Å². The molecule has 0 aromatic rings. The Labute approximate surface area is 82.3 Å². The monoisotopic (exact) mass is 201 g/mol. The van der Waals surface area contributed by atoms with Crippen molar-refractivity contribution >= 4 is 11.9 Å². The van der Waals surface area contributed by atoms with Gasteiger partial charge in [-0.15, -0.1) is 0 Å². The molecule has 1 fully saturated rings. The largest absolute Gasteiger partial charge is 0.480 e. The summed E-state index contributed by atoms with van der Waals surface area (Å²) in [6.45, 7) is 1.85. The van der Waals surface area contributed by atoms with E-state index in [4.69, 9.17) is 10.2 Å². The summed E-state index contributed by atoms with van der Waals surface area (Å²) >= 11 is 0. The third-order valence-corrected chi connectivity index (χ3v) is 2.52. The predicted molar refractivity (Wildman–Crippen MR) is 48.6 cm³/mol. The quantitative estimate of drug-likeness (QED) is 0.656. The highest BCUT2D eigenvalue weighted by Gasteiger charge is 2.35. The van der Waals surface area contributed by atoms with Crippen molar-refractivity contribution in [2.24, 2.45) is 5.92 Å². The number of hydrogen-bond acceptors (Lipinski definition) is 3. The summed E-state index contributed by atoms with van der Waals surface area (Å²) < 4.78 is 0. The molecule has 0 aliphatic carbocycles. The van der Waals surface area contributed by atoms with Gasteiger partial charge in [0.2, 0.25) is 5.91 Å². The molecule has 0 bridgehead atoms. The van der Waals surface area contributed by atoms with Crippen LogP contribution in [0.3, 0.4) is 0 Å². The molecule has 2 N–H and O–H groups in total. The molecular formula is C9H15NO4. The van der Waals surface area contributed by atoms with E-state index >= 15 is 0 Å². The lowest BCUT2D eigenvalue weighted by Crippen LogP contribution is -2.43. The molecule has 5 heteroatoms. The standard InChI is InChI=1S/C9H15NO4/c1-6(5-11)8(12)10-4-2-3-7(10)9(13)14/h6-7,11H,2-5H2,1H3,(H,13,14)/t6-,7-/m0/s1. The van der Waals surface area contributed by atoms with Gasteiger partial charge >= 0.3 is 5.97 Å². The summed E-state index contributed by atoms with van der Waals surface area (Å²) in [7, 11) is 0. The third-order valence-electron chi connectivity index (χ3n) is 2.52. The van der Waals surface area contributed by atoms with Crippen molar-refractivity contribution in [3.63, 3.8) is 0 Å². The molecule has 1 rings (SSSR count). The number of aliphatic hydroxyl groups excluding tert-OH is 1. The zero-order valence-corrected chi connectivity index (χ0v) is 8.14. The number of amides is 1. The Hall–Kier alpha value is -1.10. The second kappa shape index (κ2) is 4.41. The lowest BCUT2D eigenvalue weighted by Gasteiger charge is -2.23. The van der Waals surface area contributed by atoms with E-state index in [0.29, 0.717) is 13.0 Å². The summed E-state index contributed by atoms with van der Waals surface area (Å²) in [6.07, 6.45) is 1.24. The number of aliphatic hydroxyl groups is 1. The van der Waals surface area contributed by atoms with E-state index in [1.165, 1.54) is 4.90 Å². The van der Waals surface area contributed by atoms with Crippen molar-refractivity contribution in [3.05, 3.63) is 0 Å². The molecule has 1 aliphatic rings. The van der Waals surface area contributed by atoms with Gasteiger partial charge in [0.25, 0.3) is 0 Å². The van der Waals surface area contributed by atoms with Gasteiger partial charge in [0.1, 0.15) is 6.04 Å². The zero-order chi connectivity index (χ0) is 10.7. The summed E-state index contributed by atoms with van der Waals surface area (Å²) in [6, 6.07) is -0.698. The highest BCUT2D eigenvalue weighted by atomic mass is 16.4. The Balaban J connectivity index is 2.67. The fraction of sp³-hybridized carbons (Fsp3) is 0.778. The summed E-state index contributed by atoms with van der Waals surface area (Å²) in [5.74, 6) is -1.73. The maximum Gasteiger partial charge on any atom is 0.326 e. The molecule has 0 aromatic heterocycles. The van der Waals surface area contributed by atoms with Gasteiger partial charge in [-0.25, -0.2) is 4.79 Å². The van der Waals surface area contributed by atoms with Crippen molar-refractivity contribution in [2.75, 3.05) is 13.2 Å². The van der Waals surface area contributed by atoms with Crippen molar-refractivity contribution in [3.8, 4) is 0 Å². The number of carboxylic acids is 1. The van der Waals surface area contributed by atoms with Crippen LogP contribution in [-0.2, 0) is 9.59 Å². The van der Waals surface area contributed by atoms with Crippen LogP contribution in [0.4, 0.5) is 0 Å². The first kappa shape index (κ1) is 11.0. The maximum absolute atomic E-state index is 11.6. The lowest BCUT2D eigenvalue weighted by atomic mass is 10.1. The van der Waals surface area contributed by atoms with Crippen LogP contribution in [-0.4, -0.2) is 46.2 Å². The normalized spacial score (nSPS) is 23.6. The predicted octanol–water partition coefficient (Wildman–Crippen LogP) is -0.310. The Morgan fingerprint density at radius 3 is 2.71 bits per heavy atom. The molecule has 2 atom stereocenters. The van der Waals surface area contributed by atoms with Gasteiger partial charge in [0, 0.05) is 6.54 Å². The average molecular weight is 201 g/mol. The number of nitrogens with zero attached hydrogens (tertiary/aromatic N) is 1. The van der Waals surface area contributed by atoms with E-state index in [1.807, 2.05) is 0 Å². The van der Waals surface area contributed by atoms with E-state index < -0.39 is 17.9 Å². The summed E-state index contributed by atoms with van der Waals surface area (Å²) in [4.78, 5) is 23.7. The highest BCUT2D eigenvalue weighted by molar-refractivity contribution is 5.85. The summed E-state index contributed by atoms with van der Waals surface area (Å²) in [5.41, 5.74) is 0. The minimum absolute atomic E-state index is 0.234. The zero-order valence-electron chi connectivity index (χ0n) is 8.14. The van der Waals surface area contributed by atoms with Gasteiger partial charge < -0.3 is 15.1 Å². The van der Waals surface area contributed by atoms with Gasteiger partial charge in [-0.1, -0.05) is 6.92 Å². The summed E-state index contributed by atoms with van der Waals surface area (Å²) in [5, 5.41) is 17.6. The van der Waals surface area contributed by atoms with Crippen LogP contribution < -0.4 is 0 Å². The number of rotatable bonds is 3. The molecule has 1 saturated heterocycles. The Kier molecular flexibility index (Phi) is 3.46. The van der Waals surface area contributed by atoms with E-state index in [-0.39, 0.29) is 12.5 Å². The first-order valence-corrected chi connectivity index (χ1v) is 4.72. The number of carbonyl (C=O) groups is 2. The van der Waals surface area contributed by atoms with Crippen LogP contribution >= 0.6 is 0 Å². The molecule has 1 aliphatic heterocycles. The number of carbonyl (C=O) groups excluding carboxylic acids is 1. The molecule has 14 heavy (non-hydrogen) atoms. The molecule has 0 unspecified atom stereocenters. The van der Waals surface area contributed by atoms with Crippen molar-refractivity contribution in [1.29, 1.82) is 0 Å². The Bertz CT molecular complexity index is 241. The molecule has 80 valence electrons. The maximum atomic E-state index is 11.6. The second-order valence-corrected chi connectivity index (χ2v) is 3.61. The smallest absolute Gasteiger partial charge is 0.326 e. The van der Waals surface area contributed by atoms with Crippen LogP contribution in [0.25, 0.3) is 0 Å². The highest BCUT2D eigenvalue weighted by Crippen LogP contribution is 2.19. The van der Waals surface area contributed by atoms with Gasteiger partial charge in [-0.05, 0) is 12.8 Å². The first-order valence-electron chi connectivity index (χ1n) is 4.72. The van der Waals surface area contributed by atoms with E-state index in [2.05, 4.69) is 0 Å². The number of aliphatic carboxylic acids is 1. The fourth-order valence-electron chi connectivity index (χ4n) is 1.65. The lowest BCUT2D eigenvalue weighted by molar-refractivity contribution is -0.150. The van der Waals surface area contributed by atoms with Crippen LogP contribution in [0, 0.1) is 5.92 Å². The van der Waals surface area contributed by atoms with Crippen LogP contribution in [0.1, 0.15) is 19.8 Å².